The highest BCUT2D eigenvalue weighted by Crippen LogP contribution is 2.34. The summed E-state index contributed by atoms with van der Waals surface area (Å²) in [5, 5.41) is 11.9. The van der Waals surface area contributed by atoms with Crippen LogP contribution in [0.2, 0.25) is 0 Å². The summed E-state index contributed by atoms with van der Waals surface area (Å²) in [6, 6.07) is 17.2. The number of likely N-dealkylation sites (tertiary alicyclic amines) is 1. The van der Waals surface area contributed by atoms with Crippen LogP contribution in [0, 0.1) is 11.3 Å². The summed E-state index contributed by atoms with van der Waals surface area (Å²) >= 11 is 0. The highest BCUT2D eigenvalue weighted by molar-refractivity contribution is 5.94. The van der Waals surface area contributed by atoms with E-state index in [-0.39, 0.29) is 13.0 Å². The van der Waals surface area contributed by atoms with E-state index in [1.165, 1.54) is 21.4 Å². The second-order valence-corrected chi connectivity index (χ2v) is 11.7. The van der Waals surface area contributed by atoms with Crippen LogP contribution in [0.25, 0.3) is 10.8 Å². The lowest BCUT2D eigenvalue weighted by Gasteiger charge is -2.41. The van der Waals surface area contributed by atoms with Crippen LogP contribution in [0.3, 0.4) is 0 Å². The van der Waals surface area contributed by atoms with Gasteiger partial charge in [0.15, 0.2) is 5.83 Å². The first-order chi connectivity index (χ1) is 20.9. The van der Waals surface area contributed by atoms with E-state index in [4.69, 9.17) is 14.7 Å². The molecular weight excluding hydrogens is 545 g/mol. The van der Waals surface area contributed by atoms with E-state index in [0.29, 0.717) is 38.3 Å². The predicted molar refractivity (Wildman–Crippen MR) is 165 cm³/mol. The van der Waals surface area contributed by atoms with Crippen molar-refractivity contribution in [2.24, 2.45) is 0 Å². The molecule has 10 heteroatoms. The van der Waals surface area contributed by atoms with Crippen molar-refractivity contribution < 1.29 is 13.9 Å². The first-order valence-corrected chi connectivity index (χ1v) is 15.2. The van der Waals surface area contributed by atoms with Gasteiger partial charge in [0, 0.05) is 48.9 Å². The molecule has 2 fully saturated rings. The Kier molecular flexibility index (Phi) is 8.43. The highest BCUT2D eigenvalue weighted by atomic mass is 19.1. The molecule has 1 amide bonds. The topological polar surface area (TPSA) is 88.8 Å². The number of hydrogen-bond donors (Lipinski definition) is 0. The highest BCUT2D eigenvalue weighted by Gasteiger charge is 2.34. The van der Waals surface area contributed by atoms with Crippen molar-refractivity contribution in [3.63, 3.8) is 0 Å². The second-order valence-electron chi connectivity index (χ2n) is 11.7. The summed E-state index contributed by atoms with van der Waals surface area (Å²) in [5.41, 5.74) is 3.17. The van der Waals surface area contributed by atoms with Crippen LogP contribution >= 0.6 is 0 Å². The average molecular weight is 584 g/mol. The van der Waals surface area contributed by atoms with Gasteiger partial charge in [-0.2, -0.15) is 15.2 Å². The van der Waals surface area contributed by atoms with Gasteiger partial charge in [-0.1, -0.05) is 43.0 Å². The number of amides is 1. The number of carbonyl (C=O) groups excluding carboxylic acids is 1. The minimum Gasteiger partial charge on any atom is -0.462 e. The molecule has 2 atom stereocenters. The molecule has 3 aromatic rings. The Morgan fingerprint density at radius 1 is 1.07 bits per heavy atom. The van der Waals surface area contributed by atoms with Gasteiger partial charge in [-0.05, 0) is 50.7 Å². The molecule has 0 radical (unpaired) electrons. The molecule has 9 nitrogen and oxygen atoms in total. The molecule has 0 aliphatic carbocycles. The number of ether oxygens (including phenoxy) is 1. The van der Waals surface area contributed by atoms with Crippen molar-refractivity contribution in [3.05, 3.63) is 66.1 Å². The number of aromatic nitrogens is 2. The molecule has 0 spiro atoms. The molecule has 2 saturated heterocycles. The van der Waals surface area contributed by atoms with Crippen molar-refractivity contribution >= 4 is 28.2 Å². The number of piperazine rings is 1. The van der Waals surface area contributed by atoms with Crippen LogP contribution in [0.15, 0.2) is 54.9 Å². The molecule has 2 aromatic carbocycles. The lowest BCUT2D eigenvalue weighted by molar-refractivity contribution is -0.131. The van der Waals surface area contributed by atoms with E-state index in [1.807, 2.05) is 0 Å². The van der Waals surface area contributed by atoms with Gasteiger partial charge in [0.05, 0.1) is 30.8 Å². The number of hydrogen-bond acceptors (Lipinski definition) is 8. The van der Waals surface area contributed by atoms with Gasteiger partial charge in [-0.3, -0.25) is 4.79 Å². The lowest BCUT2D eigenvalue weighted by Crippen LogP contribution is -2.55. The van der Waals surface area contributed by atoms with Gasteiger partial charge in [0.1, 0.15) is 12.4 Å². The van der Waals surface area contributed by atoms with Crippen molar-refractivity contribution in [1.82, 2.24) is 19.8 Å². The van der Waals surface area contributed by atoms with Gasteiger partial charge >= 0.3 is 6.01 Å². The van der Waals surface area contributed by atoms with E-state index >= 15 is 0 Å². The van der Waals surface area contributed by atoms with Gasteiger partial charge in [0.2, 0.25) is 0 Å². The Morgan fingerprint density at radius 2 is 1.91 bits per heavy atom. The third kappa shape index (κ3) is 6.00. The molecule has 0 bridgehead atoms. The molecule has 0 N–H and O–H groups in total. The van der Waals surface area contributed by atoms with E-state index in [2.05, 4.69) is 76.9 Å². The van der Waals surface area contributed by atoms with Gasteiger partial charge in [-0.15, -0.1) is 0 Å². The molecule has 43 heavy (non-hydrogen) atoms. The maximum atomic E-state index is 13.8. The summed E-state index contributed by atoms with van der Waals surface area (Å²) in [5.74, 6) is -0.973. The summed E-state index contributed by atoms with van der Waals surface area (Å²) in [6.45, 7) is 7.34. The summed E-state index contributed by atoms with van der Waals surface area (Å²) in [7, 11) is 2.12. The van der Waals surface area contributed by atoms with E-state index < -0.39 is 17.8 Å². The largest absolute Gasteiger partial charge is 0.462 e. The van der Waals surface area contributed by atoms with Crippen molar-refractivity contribution in [2.75, 3.05) is 56.2 Å². The number of benzene rings is 2. The number of fused-ring (bicyclic) bond motifs is 2. The van der Waals surface area contributed by atoms with Crippen LogP contribution in [0.4, 0.5) is 15.9 Å². The molecule has 4 heterocycles. The van der Waals surface area contributed by atoms with E-state index in [0.717, 1.165) is 55.8 Å². The minimum atomic E-state index is -1.01. The standard InChI is InChI=1S/C33H38FN7O2/c1-23(34)32(42)41-19-18-40(20-25(41)14-15-35)31-28-12-7-17-39(30-13-5-9-24-8-3-4-11-27(24)30)21-29(28)36-33(37-31)43-22-26-10-6-16-38(26)2/h3-5,8-9,11,13,25-26H,1,6-7,10,12,14,16-22H2,2H3/t25-,26-/m0/s1. The fourth-order valence-corrected chi connectivity index (χ4v) is 6.72. The first-order valence-electron chi connectivity index (χ1n) is 15.2. The molecule has 0 unspecified atom stereocenters. The van der Waals surface area contributed by atoms with Gasteiger partial charge in [0.25, 0.3) is 5.91 Å². The summed E-state index contributed by atoms with van der Waals surface area (Å²) < 4.78 is 20.1. The van der Waals surface area contributed by atoms with Crippen LogP contribution in [0.1, 0.15) is 36.9 Å². The Bertz CT molecular complexity index is 1550. The number of carbonyl (C=O) groups is 1. The fraction of sp³-hybridized carbons (Fsp3) is 0.455. The van der Waals surface area contributed by atoms with E-state index in [1.54, 1.807) is 0 Å². The zero-order valence-corrected chi connectivity index (χ0v) is 24.7. The molecule has 224 valence electrons. The average Bonchev–Trinajstić information content (AvgIpc) is 3.31. The Morgan fingerprint density at radius 3 is 2.70 bits per heavy atom. The number of rotatable bonds is 7. The Hall–Kier alpha value is -4.23. The minimum absolute atomic E-state index is 0.0923. The van der Waals surface area contributed by atoms with Gasteiger partial charge < -0.3 is 24.3 Å². The number of nitriles is 1. The first kappa shape index (κ1) is 28.9. The number of nitrogens with zero attached hydrogens (tertiary/aromatic N) is 7. The maximum absolute atomic E-state index is 13.8. The number of likely N-dealkylation sites (N-methyl/N-ethyl adjacent to an activating group) is 1. The zero-order valence-electron chi connectivity index (χ0n) is 24.7. The smallest absolute Gasteiger partial charge is 0.318 e. The third-order valence-corrected chi connectivity index (χ3v) is 9.03. The van der Waals surface area contributed by atoms with Crippen molar-refractivity contribution in [2.45, 2.75) is 50.7 Å². The third-order valence-electron chi connectivity index (χ3n) is 9.03. The molecule has 1 aromatic heterocycles. The molecule has 0 saturated carbocycles. The fourth-order valence-electron chi connectivity index (χ4n) is 6.72. The normalized spacial score (nSPS) is 20.9. The second kappa shape index (κ2) is 12.6. The van der Waals surface area contributed by atoms with E-state index in [9.17, 15) is 14.4 Å². The molecule has 6 rings (SSSR count). The number of anilines is 2. The molecule has 3 aliphatic heterocycles. The van der Waals surface area contributed by atoms with Crippen molar-refractivity contribution in [1.29, 1.82) is 5.26 Å². The number of halogens is 1. The van der Waals surface area contributed by atoms with Crippen LogP contribution in [-0.4, -0.2) is 84.1 Å². The SMILES string of the molecule is C=C(F)C(=O)N1CCN(c2nc(OC[C@@H]3CCCN3C)nc3c2CCCN(c2cccc4ccccc24)C3)C[C@@H]1CC#N. The summed E-state index contributed by atoms with van der Waals surface area (Å²) in [4.78, 5) is 30.7. The van der Waals surface area contributed by atoms with Crippen LogP contribution < -0.4 is 14.5 Å². The zero-order chi connectivity index (χ0) is 29.9. The predicted octanol–water partition coefficient (Wildman–Crippen LogP) is 4.47. The molecule has 3 aliphatic rings. The Labute approximate surface area is 252 Å². The van der Waals surface area contributed by atoms with Crippen LogP contribution in [0.5, 0.6) is 6.01 Å². The summed E-state index contributed by atoms with van der Waals surface area (Å²) in [6.07, 6.45) is 4.03. The maximum Gasteiger partial charge on any atom is 0.318 e. The van der Waals surface area contributed by atoms with Gasteiger partial charge in [-0.25, -0.2) is 4.39 Å². The van der Waals surface area contributed by atoms with Crippen molar-refractivity contribution in [3.8, 4) is 12.1 Å². The van der Waals surface area contributed by atoms with Crippen LogP contribution in [-0.2, 0) is 17.8 Å². The lowest BCUT2D eigenvalue weighted by atomic mass is 10.1. The Balaban J connectivity index is 1.35. The quantitative estimate of drug-likeness (QED) is 0.377. The molecular formula is C33H38FN7O2. The monoisotopic (exact) mass is 583 g/mol.